The van der Waals surface area contributed by atoms with Crippen molar-refractivity contribution in [1.82, 2.24) is 5.43 Å². The number of amides is 1. The fourth-order valence-corrected chi connectivity index (χ4v) is 1.99. The zero-order valence-electron chi connectivity index (χ0n) is 11.7. The topological polar surface area (TPSA) is 41.5 Å². The number of carbonyl (C=O) groups is 1. The number of hydrogen-bond donors (Lipinski definition) is 1. The molecule has 0 spiro atoms. The maximum absolute atomic E-state index is 11.9. The van der Waals surface area contributed by atoms with Gasteiger partial charge in [-0.1, -0.05) is 47.0 Å². The van der Waals surface area contributed by atoms with E-state index in [0.29, 0.717) is 21.3 Å². The van der Waals surface area contributed by atoms with E-state index in [2.05, 4.69) is 10.5 Å². The minimum atomic E-state index is -0.255. The minimum absolute atomic E-state index is 0.255. The van der Waals surface area contributed by atoms with Crippen LogP contribution in [0.4, 0.5) is 0 Å². The van der Waals surface area contributed by atoms with Crippen LogP contribution in [0.2, 0.25) is 10.0 Å². The molecule has 3 nitrogen and oxygen atoms in total. The van der Waals surface area contributed by atoms with Gasteiger partial charge in [0.2, 0.25) is 0 Å². The lowest BCUT2D eigenvalue weighted by Crippen LogP contribution is -2.19. The summed E-state index contributed by atoms with van der Waals surface area (Å²) >= 11 is 11.8. The highest BCUT2D eigenvalue weighted by Gasteiger charge is 2.05. The van der Waals surface area contributed by atoms with Crippen LogP contribution in [-0.4, -0.2) is 11.6 Å². The van der Waals surface area contributed by atoms with Crippen molar-refractivity contribution < 1.29 is 4.79 Å². The lowest BCUT2D eigenvalue weighted by Gasteiger charge is -2.04. The Hall–Kier alpha value is -1.84. The van der Waals surface area contributed by atoms with Crippen LogP contribution in [0.15, 0.2) is 47.6 Å². The predicted molar refractivity (Wildman–Crippen MR) is 87.3 cm³/mol. The SMILES string of the molecule is CC(=NNC(=O)c1ccc(C)cc1)c1ccc(Cl)c(Cl)c1. The molecule has 0 radical (unpaired) electrons. The van der Waals surface area contributed by atoms with Gasteiger partial charge in [-0.3, -0.25) is 4.79 Å². The smallest absolute Gasteiger partial charge is 0.267 e. The van der Waals surface area contributed by atoms with Crippen LogP contribution in [0, 0.1) is 6.92 Å². The average Bonchev–Trinajstić information content (AvgIpc) is 2.48. The summed E-state index contributed by atoms with van der Waals surface area (Å²) in [6, 6.07) is 12.5. The second kappa shape index (κ2) is 6.74. The van der Waals surface area contributed by atoms with Gasteiger partial charge < -0.3 is 0 Å². The highest BCUT2D eigenvalue weighted by molar-refractivity contribution is 6.42. The maximum atomic E-state index is 11.9. The molecule has 0 heterocycles. The van der Waals surface area contributed by atoms with Crippen LogP contribution in [0.3, 0.4) is 0 Å². The third-order valence-electron chi connectivity index (χ3n) is 2.98. The van der Waals surface area contributed by atoms with E-state index in [4.69, 9.17) is 23.2 Å². The summed E-state index contributed by atoms with van der Waals surface area (Å²) in [5, 5.41) is 5.01. The second-order valence-electron chi connectivity index (χ2n) is 4.63. The van der Waals surface area contributed by atoms with Crippen molar-refractivity contribution in [2.75, 3.05) is 0 Å². The van der Waals surface area contributed by atoms with E-state index in [0.717, 1.165) is 11.1 Å². The molecule has 0 saturated carbocycles. The van der Waals surface area contributed by atoms with Crippen LogP contribution in [0.5, 0.6) is 0 Å². The number of benzene rings is 2. The minimum Gasteiger partial charge on any atom is -0.267 e. The summed E-state index contributed by atoms with van der Waals surface area (Å²) in [7, 11) is 0. The molecule has 2 rings (SSSR count). The average molecular weight is 321 g/mol. The van der Waals surface area contributed by atoms with Crippen LogP contribution in [-0.2, 0) is 0 Å². The number of rotatable bonds is 3. The Balaban J connectivity index is 2.10. The Morgan fingerprint density at radius 2 is 1.62 bits per heavy atom. The molecule has 0 aliphatic rings. The van der Waals surface area contributed by atoms with Crippen molar-refractivity contribution >= 4 is 34.8 Å². The van der Waals surface area contributed by atoms with Crippen molar-refractivity contribution in [2.24, 2.45) is 5.10 Å². The number of nitrogens with one attached hydrogen (secondary N) is 1. The third kappa shape index (κ3) is 4.06. The van der Waals surface area contributed by atoms with Gasteiger partial charge in [0.25, 0.3) is 5.91 Å². The Morgan fingerprint density at radius 1 is 1.00 bits per heavy atom. The number of hydrazone groups is 1. The van der Waals surface area contributed by atoms with E-state index in [1.165, 1.54) is 0 Å². The van der Waals surface area contributed by atoms with Crippen LogP contribution in [0.1, 0.15) is 28.4 Å². The molecule has 21 heavy (non-hydrogen) atoms. The van der Waals surface area contributed by atoms with Gasteiger partial charge in [0, 0.05) is 5.56 Å². The zero-order chi connectivity index (χ0) is 15.4. The normalized spacial score (nSPS) is 11.3. The fraction of sp³-hybridized carbons (Fsp3) is 0.125. The number of hydrogen-bond acceptors (Lipinski definition) is 2. The van der Waals surface area contributed by atoms with Crippen molar-refractivity contribution in [3.63, 3.8) is 0 Å². The molecule has 0 aliphatic heterocycles. The summed E-state index contributed by atoms with van der Waals surface area (Å²) < 4.78 is 0. The first-order chi connectivity index (χ1) is 9.97. The van der Waals surface area contributed by atoms with Crippen molar-refractivity contribution in [3.05, 3.63) is 69.2 Å². The summed E-state index contributed by atoms with van der Waals surface area (Å²) in [6.07, 6.45) is 0. The van der Waals surface area contributed by atoms with E-state index in [9.17, 15) is 4.79 Å². The molecular weight excluding hydrogens is 307 g/mol. The summed E-state index contributed by atoms with van der Waals surface area (Å²) in [5.41, 5.74) is 5.63. The zero-order valence-corrected chi connectivity index (χ0v) is 13.2. The third-order valence-corrected chi connectivity index (χ3v) is 3.72. The molecule has 0 atom stereocenters. The summed E-state index contributed by atoms with van der Waals surface area (Å²) in [6.45, 7) is 3.75. The molecule has 2 aromatic carbocycles. The first-order valence-electron chi connectivity index (χ1n) is 6.34. The molecule has 5 heteroatoms. The van der Waals surface area contributed by atoms with E-state index in [-0.39, 0.29) is 5.91 Å². The standard InChI is InChI=1S/C16H14Cl2N2O/c1-10-3-5-12(6-4-10)16(21)20-19-11(2)13-7-8-14(17)15(18)9-13/h3-9H,1-2H3,(H,20,21). The molecule has 0 aromatic heterocycles. The fourth-order valence-electron chi connectivity index (χ4n) is 1.69. The van der Waals surface area contributed by atoms with E-state index >= 15 is 0 Å². The Bertz CT molecular complexity index is 694. The Morgan fingerprint density at radius 3 is 2.24 bits per heavy atom. The van der Waals surface area contributed by atoms with Crippen molar-refractivity contribution in [2.45, 2.75) is 13.8 Å². The number of aryl methyl sites for hydroxylation is 1. The maximum Gasteiger partial charge on any atom is 0.271 e. The number of carbonyl (C=O) groups excluding carboxylic acids is 1. The molecule has 0 aliphatic carbocycles. The quantitative estimate of drug-likeness (QED) is 0.658. The van der Waals surface area contributed by atoms with Gasteiger partial charge in [-0.15, -0.1) is 0 Å². The molecule has 0 saturated heterocycles. The van der Waals surface area contributed by atoms with E-state index in [1.54, 1.807) is 37.3 Å². The Kier molecular flexibility index (Phi) is 4.99. The predicted octanol–water partition coefficient (Wildman–Crippen LogP) is 4.46. The molecule has 2 aromatic rings. The van der Waals surface area contributed by atoms with Gasteiger partial charge in [0.15, 0.2) is 0 Å². The second-order valence-corrected chi connectivity index (χ2v) is 5.45. The van der Waals surface area contributed by atoms with Crippen LogP contribution in [0.25, 0.3) is 0 Å². The largest absolute Gasteiger partial charge is 0.271 e. The first-order valence-corrected chi connectivity index (χ1v) is 7.09. The molecule has 0 bridgehead atoms. The van der Waals surface area contributed by atoms with E-state index < -0.39 is 0 Å². The molecule has 0 fully saturated rings. The highest BCUT2D eigenvalue weighted by Crippen LogP contribution is 2.22. The molecular formula is C16H14Cl2N2O. The molecule has 0 unspecified atom stereocenters. The van der Waals surface area contributed by atoms with Gasteiger partial charge in [-0.25, -0.2) is 5.43 Å². The highest BCUT2D eigenvalue weighted by atomic mass is 35.5. The van der Waals surface area contributed by atoms with Gasteiger partial charge in [0.1, 0.15) is 0 Å². The summed E-state index contributed by atoms with van der Waals surface area (Å²) in [5.74, 6) is -0.255. The van der Waals surface area contributed by atoms with Gasteiger partial charge in [-0.2, -0.15) is 5.10 Å². The van der Waals surface area contributed by atoms with Crippen LogP contribution < -0.4 is 5.43 Å². The molecule has 108 valence electrons. The van der Waals surface area contributed by atoms with Crippen LogP contribution >= 0.6 is 23.2 Å². The lowest BCUT2D eigenvalue weighted by atomic mass is 10.1. The first kappa shape index (κ1) is 15.5. The number of halogens is 2. The molecule has 1 N–H and O–H groups in total. The van der Waals surface area contributed by atoms with Crippen molar-refractivity contribution in [3.8, 4) is 0 Å². The number of nitrogens with zero attached hydrogens (tertiary/aromatic N) is 1. The van der Waals surface area contributed by atoms with E-state index in [1.807, 2.05) is 19.1 Å². The van der Waals surface area contributed by atoms with Gasteiger partial charge in [0.05, 0.1) is 15.8 Å². The lowest BCUT2D eigenvalue weighted by molar-refractivity contribution is 0.0955. The monoisotopic (exact) mass is 320 g/mol. The van der Waals surface area contributed by atoms with Crippen molar-refractivity contribution in [1.29, 1.82) is 0 Å². The summed E-state index contributed by atoms with van der Waals surface area (Å²) in [4.78, 5) is 11.9. The van der Waals surface area contributed by atoms with Gasteiger partial charge >= 0.3 is 0 Å². The Labute approximate surface area is 133 Å². The van der Waals surface area contributed by atoms with Gasteiger partial charge in [-0.05, 0) is 43.7 Å². The molecule has 1 amide bonds.